The van der Waals surface area contributed by atoms with Crippen LogP contribution in [0.2, 0.25) is 6.04 Å². The van der Waals surface area contributed by atoms with Gasteiger partial charge in [0, 0.05) is 25.5 Å². The molecule has 0 aliphatic heterocycles. The second kappa shape index (κ2) is 13.7. The first-order chi connectivity index (χ1) is 10.4. The lowest BCUT2D eigenvalue weighted by Crippen LogP contribution is -2.24. The second-order valence-corrected chi connectivity index (χ2v) is 7.95. The Hall–Kier alpha value is 0.0169. The van der Waals surface area contributed by atoms with Gasteiger partial charge >= 0.3 is 0 Å². The minimum absolute atomic E-state index is 0.00820. The van der Waals surface area contributed by atoms with Gasteiger partial charge in [0.15, 0.2) is 0 Å². The first kappa shape index (κ1) is 19.1. The molecule has 0 saturated heterocycles. The second-order valence-electron chi connectivity index (χ2n) is 4.26. The van der Waals surface area contributed by atoms with Crippen LogP contribution in [0.25, 0.3) is 0 Å². The molecule has 6 heteroatoms. The van der Waals surface area contributed by atoms with Crippen molar-refractivity contribution in [3.05, 3.63) is 35.9 Å². The van der Waals surface area contributed by atoms with Gasteiger partial charge in [-0.3, -0.25) is 4.72 Å². The van der Waals surface area contributed by atoms with Gasteiger partial charge < -0.3 is 9.47 Å². The van der Waals surface area contributed by atoms with E-state index in [-0.39, 0.29) is 5.91 Å². The summed E-state index contributed by atoms with van der Waals surface area (Å²) in [6.45, 7) is 6.40. The van der Waals surface area contributed by atoms with E-state index in [1.165, 1.54) is 18.0 Å². The molecule has 2 radical (unpaired) electrons. The summed E-state index contributed by atoms with van der Waals surface area (Å²) in [5, 5.41) is 0. The molecule has 118 valence electrons. The predicted octanol–water partition coefficient (Wildman–Crippen LogP) is 3.94. The van der Waals surface area contributed by atoms with Crippen LogP contribution in [-0.4, -0.2) is 34.4 Å². The Morgan fingerprint density at radius 3 is 2.52 bits per heavy atom. The van der Waals surface area contributed by atoms with Crippen LogP contribution in [0.3, 0.4) is 0 Å². The molecule has 0 heterocycles. The topological polar surface area (TPSA) is 30.5 Å². The lowest BCUT2D eigenvalue weighted by molar-refractivity contribution is -0.0827. The van der Waals surface area contributed by atoms with E-state index in [1.807, 2.05) is 30.7 Å². The van der Waals surface area contributed by atoms with Gasteiger partial charge in [-0.25, -0.2) is 0 Å². The Kier molecular flexibility index (Phi) is 12.4. The van der Waals surface area contributed by atoms with E-state index in [0.717, 1.165) is 35.0 Å². The normalized spacial score (nSPS) is 11.2. The zero-order valence-electron chi connectivity index (χ0n) is 12.8. The highest BCUT2D eigenvalue weighted by Crippen LogP contribution is 2.19. The van der Waals surface area contributed by atoms with Gasteiger partial charge in [-0.2, -0.15) is 0 Å². The molecular formula is C15H25NO2S2Si. The summed E-state index contributed by atoms with van der Waals surface area (Å²) in [5.41, 5.74) is 1.32. The van der Waals surface area contributed by atoms with Crippen molar-refractivity contribution in [2.24, 2.45) is 0 Å². The van der Waals surface area contributed by atoms with E-state index in [9.17, 15) is 0 Å². The maximum Gasteiger partial charge on any atom is 0.137 e. The third-order valence-corrected chi connectivity index (χ3v) is 5.94. The van der Waals surface area contributed by atoms with Gasteiger partial charge in [-0.15, -0.1) is 0 Å². The molecule has 0 bridgehead atoms. The fourth-order valence-electron chi connectivity index (χ4n) is 1.61. The van der Waals surface area contributed by atoms with Crippen molar-refractivity contribution >= 4 is 31.3 Å². The molecule has 0 amide bonds. The van der Waals surface area contributed by atoms with Crippen molar-refractivity contribution in [1.29, 1.82) is 0 Å². The number of nitrogens with one attached hydrogen (secondary N) is 1. The molecule has 21 heavy (non-hydrogen) atoms. The Labute approximate surface area is 139 Å². The van der Waals surface area contributed by atoms with E-state index in [2.05, 4.69) is 29.0 Å². The highest BCUT2D eigenvalue weighted by atomic mass is 33.1. The van der Waals surface area contributed by atoms with Crippen LogP contribution < -0.4 is 4.72 Å². The van der Waals surface area contributed by atoms with Crippen LogP contribution >= 0.6 is 21.8 Å². The average Bonchev–Trinajstić information content (AvgIpc) is 2.51. The molecule has 0 saturated carbocycles. The molecule has 0 fully saturated rings. The average molecular weight is 344 g/mol. The maximum atomic E-state index is 5.54. The van der Waals surface area contributed by atoms with E-state index < -0.39 is 0 Å². The minimum Gasteiger partial charge on any atom is -0.357 e. The number of hydrogen-bond acceptors (Lipinski definition) is 5. The molecule has 0 spiro atoms. The monoisotopic (exact) mass is 343 g/mol. The number of rotatable bonds is 13. The lowest BCUT2D eigenvalue weighted by Gasteiger charge is -2.15. The maximum absolute atomic E-state index is 5.54. The molecule has 0 aliphatic carbocycles. The minimum atomic E-state index is 0.00820. The lowest BCUT2D eigenvalue weighted by atomic mass is 10.2. The first-order valence-electron chi connectivity index (χ1n) is 7.38. The van der Waals surface area contributed by atoms with Crippen LogP contribution in [0.4, 0.5) is 0 Å². The van der Waals surface area contributed by atoms with Crippen LogP contribution in [-0.2, 0) is 16.0 Å². The quantitative estimate of drug-likeness (QED) is 0.193. The molecule has 1 aromatic rings. The van der Waals surface area contributed by atoms with Gasteiger partial charge in [0.1, 0.15) is 15.4 Å². The SMILES string of the molecule is CCOC(OCC)[Si]CCCSSNCc1ccccc1. The summed E-state index contributed by atoms with van der Waals surface area (Å²) < 4.78 is 14.5. The zero-order chi connectivity index (χ0) is 15.2. The van der Waals surface area contributed by atoms with E-state index in [0.29, 0.717) is 0 Å². The predicted molar refractivity (Wildman–Crippen MR) is 95.5 cm³/mol. The Balaban J connectivity index is 1.92. The van der Waals surface area contributed by atoms with Crippen molar-refractivity contribution in [2.75, 3.05) is 19.0 Å². The standard InChI is InChI=1S/C15H25NO2S2Si/c1-3-17-15(18-4-2)21-12-8-11-19-20-16-13-14-9-6-5-7-10-14/h5-7,9-10,15-16H,3-4,8,11-13H2,1-2H3. The Bertz CT molecular complexity index is 338. The number of ether oxygens (including phenoxy) is 2. The van der Waals surface area contributed by atoms with Crippen LogP contribution in [0, 0.1) is 0 Å². The highest BCUT2D eigenvalue weighted by molar-refractivity contribution is 8.76. The van der Waals surface area contributed by atoms with Crippen molar-refractivity contribution in [1.82, 2.24) is 4.72 Å². The van der Waals surface area contributed by atoms with E-state index >= 15 is 0 Å². The molecule has 1 rings (SSSR count). The van der Waals surface area contributed by atoms with Gasteiger partial charge in [0.25, 0.3) is 0 Å². The summed E-state index contributed by atoms with van der Waals surface area (Å²) in [5.74, 6) is 1.17. The van der Waals surface area contributed by atoms with E-state index in [1.54, 1.807) is 11.0 Å². The first-order valence-corrected chi connectivity index (χ1v) is 11.0. The summed E-state index contributed by atoms with van der Waals surface area (Å²) >= 11 is 0. The van der Waals surface area contributed by atoms with Crippen molar-refractivity contribution in [3.63, 3.8) is 0 Å². The van der Waals surface area contributed by atoms with Crippen molar-refractivity contribution < 1.29 is 9.47 Å². The molecule has 0 atom stereocenters. The fourth-order valence-corrected chi connectivity index (χ4v) is 4.74. The molecular weight excluding hydrogens is 318 g/mol. The fraction of sp³-hybridized carbons (Fsp3) is 0.600. The molecule has 0 aliphatic rings. The van der Waals surface area contributed by atoms with Crippen LogP contribution in [0.5, 0.6) is 0 Å². The van der Waals surface area contributed by atoms with Gasteiger partial charge in [-0.1, -0.05) is 47.2 Å². The zero-order valence-corrected chi connectivity index (χ0v) is 15.5. The van der Waals surface area contributed by atoms with Crippen molar-refractivity contribution in [3.8, 4) is 0 Å². The van der Waals surface area contributed by atoms with E-state index in [4.69, 9.17) is 9.47 Å². The molecule has 0 unspecified atom stereocenters. The number of hydrogen-bond donors (Lipinski definition) is 1. The summed E-state index contributed by atoms with van der Waals surface area (Å²) in [7, 11) is 4.35. The van der Waals surface area contributed by atoms with Gasteiger partial charge in [0.2, 0.25) is 0 Å². The Morgan fingerprint density at radius 1 is 1.14 bits per heavy atom. The third-order valence-electron chi connectivity index (χ3n) is 2.59. The Morgan fingerprint density at radius 2 is 1.86 bits per heavy atom. The highest BCUT2D eigenvalue weighted by Gasteiger charge is 2.08. The molecule has 1 aromatic carbocycles. The van der Waals surface area contributed by atoms with Gasteiger partial charge in [0.05, 0.1) is 0 Å². The molecule has 1 N–H and O–H groups in total. The summed E-state index contributed by atoms with van der Waals surface area (Å²) in [4.78, 5) is 0. The third kappa shape index (κ3) is 10.4. The smallest absolute Gasteiger partial charge is 0.137 e. The van der Waals surface area contributed by atoms with Crippen LogP contribution in [0.1, 0.15) is 25.8 Å². The summed E-state index contributed by atoms with van der Waals surface area (Å²) in [6.07, 6.45) is 1.21. The van der Waals surface area contributed by atoms with Gasteiger partial charge in [-0.05, 0) is 36.8 Å². The number of benzene rings is 1. The van der Waals surface area contributed by atoms with Crippen LogP contribution in [0.15, 0.2) is 30.3 Å². The molecule has 3 nitrogen and oxygen atoms in total. The largest absolute Gasteiger partial charge is 0.357 e. The van der Waals surface area contributed by atoms with Crippen molar-refractivity contribution in [2.45, 2.75) is 38.8 Å². The summed E-state index contributed by atoms with van der Waals surface area (Å²) in [6, 6.07) is 11.6. The molecule has 0 aromatic heterocycles.